The van der Waals surface area contributed by atoms with Gasteiger partial charge >= 0.3 is 0 Å². The van der Waals surface area contributed by atoms with Crippen molar-refractivity contribution in [1.29, 1.82) is 0 Å². The molecule has 1 aromatic rings. The van der Waals surface area contributed by atoms with Gasteiger partial charge in [0, 0.05) is 13.1 Å². The number of aromatic hydroxyl groups is 1. The van der Waals surface area contributed by atoms with E-state index in [-0.39, 0.29) is 29.7 Å². The molecule has 1 aliphatic heterocycles. The Morgan fingerprint density at radius 3 is 2.70 bits per heavy atom. The van der Waals surface area contributed by atoms with Crippen LogP contribution < -0.4 is 5.73 Å². The highest BCUT2D eigenvalue weighted by molar-refractivity contribution is 14.0. The van der Waals surface area contributed by atoms with Crippen molar-refractivity contribution in [2.45, 2.75) is 26.3 Å². The van der Waals surface area contributed by atoms with Crippen LogP contribution in [0.15, 0.2) is 23.2 Å². The predicted octanol–water partition coefficient (Wildman–Crippen LogP) is 2.70. The van der Waals surface area contributed by atoms with Gasteiger partial charge in [-0.1, -0.05) is 13.0 Å². The number of phenols is 1. The van der Waals surface area contributed by atoms with E-state index in [2.05, 4.69) is 16.8 Å². The maximum absolute atomic E-state index is 13.2. The van der Waals surface area contributed by atoms with Gasteiger partial charge in [-0.05, 0) is 36.5 Å². The molecule has 1 saturated heterocycles. The average molecular weight is 393 g/mol. The van der Waals surface area contributed by atoms with Crippen molar-refractivity contribution in [2.24, 2.45) is 16.6 Å². The summed E-state index contributed by atoms with van der Waals surface area (Å²) in [5, 5.41) is 9.11. The second-order valence-corrected chi connectivity index (χ2v) is 5.13. The van der Waals surface area contributed by atoms with Crippen LogP contribution in [0.25, 0.3) is 0 Å². The Morgan fingerprint density at radius 1 is 1.45 bits per heavy atom. The van der Waals surface area contributed by atoms with Crippen LogP contribution in [0.1, 0.15) is 25.3 Å². The summed E-state index contributed by atoms with van der Waals surface area (Å²) in [5.74, 6) is 0.291. The molecule has 112 valence electrons. The summed E-state index contributed by atoms with van der Waals surface area (Å²) >= 11 is 0. The fourth-order valence-electron chi connectivity index (χ4n) is 2.16. The fraction of sp³-hybridized carbons (Fsp3) is 0.500. The van der Waals surface area contributed by atoms with Gasteiger partial charge in [0.05, 0.1) is 6.54 Å². The van der Waals surface area contributed by atoms with Crippen LogP contribution in [-0.2, 0) is 6.54 Å². The van der Waals surface area contributed by atoms with E-state index < -0.39 is 5.82 Å². The van der Waals surface area contributed by atoms with Crippen LogP contribution in [-0.4, -0.2) is 29.1 Å². The highest BCUT2D eigenvalue weighted by Crippen LogP contribution is 2.18. The first-order chi connectivity index (χ1) is 9.06. The zero-order chi connectivity index (χ0) is 13.8. The number of nitrogens with two attached hydrogens (primary N) is 1. The van der Waals surface area contributed by atoms with Crippen LogP contribution in [0.5, 0.6) is 5.75 Å². The molecule has 0 amide bonds. The molecular weight excluding hydrogens is 372 g/mol. The fourth-order valence-corrected chi connectivity index (χ4v) is 2.16. The molecule has 2 rings (SSSR count). The lowest BCUT2D eigenvalue weighted by Crippen LogP contribution is -2.42. The Morgan fingerprint density at radius 2 is 2.10 bits per heavy atom. The summed E-state index contributed by atoms with van der Waals surface area (Å²) < 4.78 is 13.2. The average Bonchev–Trinajstić information content (AvgIpc) is 2.40. The van der Waals surface area contributed by atoms with E-state index in [1.165, 1.54) is 12.1 Å². The monoisotopic (exact) mass is 393 g/mol. The molecule has 1 heterocycles. The number of benzene rings is 1. The van der Waals surface area contributed by atoms with E-state index in [0.29, 0.717) is 18.1 Å². The number of aliphatic imine (C=N–C) groups is 1. The molecular formula is C14H21FIN3O. The number of rotatable bonds is 2. The predicted molar refractivity (Wildman–Crippen MR) is 88.8 cm³/mol. The zero-order valence-electron chi connectivity index (χ0n) is 11.6. The molecule has 1 fully saturated rings. The normalized spacial score (nSPS) is 16.9. The minimum Gasteiger partial charge on any atom is -0.505 e. The molecule has 0 aromatic heterocycles. The third-order valence-electron chi connectivity index (χ3n) is 3.54. The largest absolute Gasteiger partial charge is 0.505 e. The number of halogens is 2. The quantitative estimate of drug-likeness (QED) is 0.462. The van der Waals surface area contributed by atoms with Crippen molar-refractivity contribution in [1.82, 2.24) is 4.90 Å². The number of hydrogen-bond acceptors (Lipinski definition) is 2. The first-order valence-corrected chi connectivity index (χ1v) is 6.58. The number of guanidine groups is 1. The van der Waals surface area contributed by atoms with Crippen LogP contribution >= 0.6 is 24.0 Å². The number of piperidine rings is 1. The molecule has 0 spiro atoms. The molecule has 3 N–H and O–H groups in total. The van der Waals surface area contributed by atoms with E-state index in [0.717, 1.165) is 31.8 Å². The third-order valence-corrected chi connectivity index (χ3v) is 3.54. The van der Waals surface area contributed by atoms with Gasteiger partial charge in [-0.15, -0.1) is 24.0 Å². The van der Waals surface area contributed by atoms with E-state index in [4.69, 9.17) is 10.8 Å². The Labute approximate surface area is 135 Å². The molecule has 0 unspecified atom stereocenters. The van der Waals surface area contributed by atoms with E-state index >= 15 is 0 Å². The number of nitrogens with zero attached hydrogens (tertiary/aromatic N) is 2. The smallest absolute Gasteiger partial charge is 0.191 e. The van der Waals surface area contributed by atoms with Crippen molar-refractivity contribution in [3.05, 3.63) is 29.6 Å². The third kappa shape index (κ3) is 4.50. The first kappa shape index (κ1) is 17.0. The molecule has 0 bridgehead atoms. The van der Waals surface area contributed by atoms with Gasteiger partial charge in [0.2, 0.25) is 0 Å². The molecule has 4 nitrogen and oxygen atoms in total. The van der Waals surface area contributed by atoms with Crippen molar-refractivity contribution >= 4 is 29.9 Å². The molecule has 0 radical (unpaired) electrons. The molecule has 6 heteroatoms. The molecule has 0 aliphatic carbocycles. The van der Waals surface area contributed by atoms with Crippen molar-refractivity contribution in [3.63, 3.8) is 0 Å². The SMILES string of the molecule is CC1CCN(C(N)=NCc2ccc(O)c(F)c2)CC1.I. The second kappa shape index (κ2) is 7.66. The number of hydrogen-bond donors (Lipinski definition) is 2. The molecule has 20 heavy (non-hydrogen) atoms. The Balaban J connectivity index is 0.00000200. The van der Waals surface area contributed by atoms with Crippen LogP contribution in [0.4, 0.5) is 4.39 Å². The lowest BCUT2D eigenvalue weighted by atomic mass is 10.00. The van der Waals surface area contributed by atoms with Crippen molar-refractivity contribution in [2.75, 3.05) is 13.1 Å². The van der Waals surface area contributed by atoms with Gasteiger partial charge < -0.3 is 15.7 Å². The summed E-state index contributed by atoms with van der Waals surface area (Å²) in [6.07, 6.45) is 2.26. The van der Waals surface area contributed by atoms with E-state index in [1.807, 2.05) is 0 Å². The van der Waals surface area contributed by atoms with Gasteiger partial charge in [0.1, 0.15) is 0 Å². The van der Waals surface area contributed by atoms with Gasteiger partial charge in [0.15, 0.2) is 17.5 Å². The molecule has 0 saturated carbocycles. The van der Waals surface area contributed by atoms with Crippen molar-refractivity contribution < 1.29 is 9.50 Å². The van der Waals surface area contributed by atoms with E-state index in [1.54, 1.807) is 6.07 Å². The number of phenolic OH excluding ortho intramolecular Hbond substituents is 1. The summed E-state index contributed by atoms with van der Waals surface area (Å²) in [6.45, 7) is 4.43. The minimum atomic E-state index is -0.627. The summed E-state index contributed by atoms with van der Waals surface area (Å²) in [5.41, 5.74) is 6.64. The standard InChI is InChI=1S/C14H20FN3O.HI/c1-10-4-6-18(7-5-10)14(16)17-9-11-2-3-13(19)12(15)8-11;/h2-3,8,10,19H,4-7,9H2,1H3,(H2,16,17);1H. The maximum atomic E-state index is 13.2. The molecule has 1 aliphatic rings. The number of likely N-dealkylation sites (tertiary alicyclic amines) is 1. The second-order valence-electron chi connectivity index (χ2n) is 5.13. The molecule has 0 atom stereocenters. The molecule has 1 aromatic carbocycles. The van der Waals surface area contributed by atoms with Crippen LogP contribution in [0.2, 0.25) is 0 Å². The lowest BCUT2D eigenvalue weighted by molar-refractivity contribution is 0.277. The van der Waals surface area contributed by atoms with Crippen LogP contribution in [0.3, 0.4) is 0 Å². The summed E-state index contributed by atoms with van der Waals surface area (Å²) in [7, 11) is 0. The van der Waals surface area contributed by atoms with Gasteiger partial charge in [-0.25, -0.2) is 9.38 Å². The summed E-state index contributed by atoms with van der Waals surface area (Å²) in [6, 6.07) is 4.26. The highest BCUT2D eigenvalue weighted by Gasteiger charge is 2.16. The van der Waals surface area contributed by atoms with Gasteiger partial charge in [-0.3, -0.25) is 0 Å². The Bertz CT molecular complexity index is 473. The van der Waals surface area contributed by atoms with Crippen LogP contribution in [0, 0.1) is 11.7 Å². The van der Waals surface area contributed by atoms with E-state index in [9.17, 15) is 4.39 Å². The Hall–Kier alpha value is -1.05. The van der Waals surface area contributed by atoms with Gasteiger partial charge in [-0.2, -0.15) is 0 Å². The van der Waals surface area contributed by atoms with Gasteiger partial charge in [0.25, 0.3) is 0 Å². The maximum Gasteiger partial charge on any atom is 0.191 e. The lowest BCUT2D eigenvalue weighted by Gasteiger charge is -2.31. The van der Waals surface area contributed by atoms with Crippen molar-refractivity contribution in [3.8, 4) is 5.75 Å². The minimum absolute atomic E-state index is 0. The highest BCUT2D eigenvalue weighted by atomic mass is 127. The topological polar surface area (TPSA) is 61.8 Å². The summed E-state index contributed by atoms with van der Waals surface area (Å²) in [4.78, 5) is 6.35. The zero-order valence-corrected chi connectivity index (χ0v) is 13.9. The Kier molecular flexibility index (Phi) is 6.51. The first-order valence-electron chi connectivity index (χ1n) is 6.58.